The third-order valence-electron chi connectivity index (χ3n) is 5.12. The van der Waals surface area contributed by atoms with Gasteiger partial charge in [0.2, 0.25) is 5.91 Å². The fourth-order valence-electron chi connectivity index (χ4n) is 3.58. The van der Waals surface area contributed by atoms with Crippen molar-refractivity contribution in [3.8, 4) is 0 Å². The summed E-state index contributed by atoms with van der Waals surface area (Å²) in [6, 6.07) is 4.02. The van der Waals surface area contributed by atoms with Gasteiger partial charge in [-0.05, 0) is 37.8 Å². The second kappa shape index (κ2) is 7.18. The molecule has 4 rings (SSSR count). The van der Waals surface area contributed by atoms with Gasteiger partial charge in [0.1, 0.15) is 6.54 Å². The average molecular weight is 395 g/mol. The molecule has 2 aromatic rings. The van der Waals surface area contributed by atoms with Gasteiger partial charge in [-0.25, -0.2) is 4.98 Å². The van der Waals surface area contributed by atoms with Gasteiger partial charge in [0.25, 0.3) is 5.56 Å². The van der Waals surface area contributed by atoms with Crippen LogP contribution in [0.4, 0.5) is 0 Å². The lowest BCUT2D eigenvalue weighted by molar-refractivity contribution is -0.122. The predicted octanol–water partition coefficient (Wildman–Crippen LogP) is 2.45. The molecule has 0 radical (unpaired) electrons. The third kappa shape index (κ3) is 3.72. The molecule has 1 aliphatic carbocycles. The van der Waals surface area contributed by atoms with E-state index in [-0.39, 0.29) is 24.1 Å². The number of aromatic nitrogens is 2. The minimum atomic E-state index is -0.321. The number of rotatable bonds is 4. The number of carbonyl (C=O) groups is 1. The number of likely N-dealkylation sites (tertiary alicyclic amines) is 1. The molecule has 1 aromatic carbocycles. The molecule has 0 bridgehead atoms. The maximum atomic E-state index is 12.6. The number of carbonyl (C=O) groups excluding carboxylic acids is 1. The largest absolute Gasteiger partial charge is 0.352 e. The van der Waals surface area contributed by atoms with Crippen molar-refractivity contribution in [1.29, 1.82) is 0 Å². The Morgan fingerprint density at radius 3 is 2.62 bits per heavy atom. The molecule has 8 heteroatoms. The summed E-state index contributed by atoms with van der Waals surface area (Å²) in [5.74, 6) is -0.175. The van der Waals surface area contributed by atoms with Gasteiger partial charge >= 0.3 is 0 Å². The number of fused-ring (bicyclic) bond motifs is 1. The molecule has 2 aliphatic rings. The van der Waals surface area contributed by atoms with Crippen molar-refractivity contribution in [1.82, 2.24) is 19.8 Å². The van der Waals surface area contributed by atoms with E-state index in [1.807, 2.05) is 0 Å². The van der Waals surface area contributed by atoms with E-state index in [0.717, 1.165) is 32.0 Å². The minimum Gasteiger partial charge on any atom is -0.352 e. The summed E-state index contributed by atoms with van der Waals surface area (Å²) < 4.78 is 1.30. The number of halogens is 2. The van der Waals surface area contributed by atoms with Crippen LogP contribution in [0.5, 0.6) is 0 Å². The summed E-state index contributed by atoms with van der Waals surface area (Å²) in [5.41, 5.74) is 0.0725. The van der Waals surface area contributed by atoms with E-state index in [4.69, 9.17) is 23.2 Å². The number of hydrogen-bond acceptors (Lipinski definition) is 4. The van der Waals surface area contributed by atoms with E-state index in [1.54, 1.807) is 6.07 Å². The van der Waals surface area contributed by atoms with Crippen LogP contribution in [0.15, 0.2) is 23.3 Å². The van der Waals surface area contributed by atoms with E-state index < -0.39 is 0 Å². The zero-order valence-corrected chi connectivity index (χ0v) is 15.8. The van der Waals surface area contributed by atoms with Crippen LogP contribution in [-0.4, -0.2) is 45.5 Å². The summed E-state index contributed by atoms with van der Waals surface area (Å²) in [5, 5.41) is 4.04. The summed E-state index contributed by atoms with van der Waals surface area (Å²) in [6.45, 7) is 2.00. The zero-order chi connectivity index (χ0) is 18.3. The Bertz CT molecular complexity index is 902. The van der Waals surface area contributed by atoms with Crippen molar-refractivity contribution in [2.45, 2.75) is 44.3 Å². The van der Waals surface area contributed by atoms with Crippen molar-refractivity contribution in [2.75, 3.05) is 13.1 Å². The highest BCUT2D eigenvalue weighted by Gasteiger charge is 2.32. The normalized spacial score (nSPS) is 19.0. The Labute approximate surface area is 161 Å². The maximum absolute atomic E-state index is 12.6. The smallest absolute Gasteiger partial charge is 0.261 e. The molecule has 0 atom stereocenters. The first-order chi connectivity index (χ1) is 12.5. The van der Waals surface area contributed by atoms with Gasteiger partial charge in [0.15, 0.2) is 0 Å². The maximum Gasteiger partial charge on any atom is 0.261 e. The Morgan fingerprint density at radius 1 is 1.19 bits per heavy atom. The van der Waals surface area contributed by atoms with E-state index in [9.17, 15) is 9.59 Å². The lowest BCUT2D eigenvalue weighted by Crippen LogP contribution is -2.46. The summed E-state index contributed by atoms with van der Waals surface area (Å²) in [7, 11) is 0. The van der Waals surface area contributed by atoms with Crippen LogP contribution in [0.1, 0.15) is 25.7 Å². The Hall–Kier alpha value is -1.63. The standard InChI is InChI=1S/C18H20Cl2N4O2/c19-11-7-14-17(15(20)8-11)21-10-24(18(14)26)9-16(25)22-12-3-5-23(6-4-12)13-1-2-13/h7-8,10,12-13H,1-6,9H2,(H,22,25). The topological polar surface area (TPSA) is 67.2 Å². The molecule has 1 amide bonds. The number of hydrogen-bond donors (Lipinski definition) is 1. The highest BCUT2D eigenvalue weighted by atomic mass is 35.5. The monoisotopic (exact) mass is 394 g/mol. The van der Waals surface area contributed by atoms with Gasteiger partial charge in [-0.15, -0.1) is 0 Å². The summed E-state index contributed by atoms with van der Waals surface area (Å²) >= 11 is 12.1. The van der Waals surface area contributed by atoms with Crippen LogP contribution in [0.2, 0.25) is 10.0 Å². The third-order valence-corrected chi connectivity index (χ3v) is 5.62. The lowest BCUT2D eigenvalue weighted by atomic mass is 10.0. The van der Waals surface area contributed by atoms with E-state index in [2.05, 4.69) is 15.2 Å². The van der Waals surface area contributed by atoms with E-state index >= 15 is 0 Å². The fraction of sp³-hybridized carbons (Fsp3) is 0.500. The zero-order valence-electron chi connectivity index (χ0n) is 14.3. The average Bonchev–Trinajstić information content (AvgIpc) is 3.43. The van der Waals surface area contributed by atoms with E-state index in [0.29, 0.717) is 20.9 Å². The van der Waals surface area contributed by atoms with Gasteiger partial charge < -0.3 is 10.2 Å². The first-order valence-electron chi connectivity index (χ1n) is 8.89. The molecule has 6 nitrogen and oxygen atoms in total. The molecule has 1 aromatic heterocycles. The minimum absolute atomic E-state index is 0.0608. The highest BCUT2D eigenvalue weighted by molar-refractivity contribution is 6.38. The van der Waals surface area contributed by atoms with Crippen LogP contribution in [0, 0.1) is 0 Å². The van der Waals surface area contributed by atoms with Crippen LogP contribution >= 0.6 is 23.2 Å². The molecular weight excluding hydrogens is 375 g/mol. The summed E-state index contributed by atoms with van der Waals surface area (Å²) in [6.07, 6.45) is 5.89. The van der Waals surface area contributed by atoms with E-state index in [1.165, 1.54) is 29.8 Å². The number of piperidine rings is 1. The van der Waals surface area contributed by atoms with Gasteiger partial charge in [0, 0.05) is 30.2 Å². The van der Waals surface area contributed by atoms with Crippen LogP contribution in [-0.2, 0) is 11.3 Å². The SMILES string of the molecule is O=C(Cn1cnc2c(Cl)cc(Cl)cc2c1=O)NC1CCN(C2CC2)CC1. The van der Waals surface area contributed by atoms with Crippen LogP contribution in [0.25, 0.3) is 10.9 Å². The molecule has 1 aliphatic heterocycles. The fourth-order valence-corrected chi connectivity index (χ4v) is 4.13. The highest BCUT2D eigenvalue weighted by Crippen LogP contribution is 2.29. The molecule has 1 saturated heterocycles. The first-order valence-corrected chi connectivity index (χ1v) is 9.64. The van der Waals surface area contributed by atoms with Crippen LogP contribution < -0.4 is 10.9 Å². The van der Waals surface area contributed by atoms with Crippen molar-refractivity contribution in [3.05, 3.63) is 38.9 Å². The van der Waals surface area contributed by atoms with Crippen molar-refractivity contribution in [2.24, 2.45) is 0 Å². The molecule has 1 saturated carbocycles. The first kappa shape index (κ1) is 17.8. The molecule has 1 N–H and O–H groups in total. The number of nitrogens with zero attached hydrogens (tertiary/aromatic N) is 3. The molecular formula is C18H20Cl2N4O2. The van der Waals surface area contributed by atoms with Crippen molar-refractivity contribution < 1.29 is 4.79 Å². The van der Waals surface area contributed by atoms with Gasteiger partial charge in [-0.1, -0.05) is 23.2 Å². The quantitative estimate of drug-likeness (QED) is 0.864. The molecule has 138 valence electrons. The molecule has 2 fully saturated rings. The second-order valence-corrected chi connectivity index (χ2v) is 7.91. The predicted molar refractivity (Wildman–Crippen MR) is 102 cm³/mol. The second-order valence-electron chi connectivity index (χ2n) is 7.07. The Morgan fingerprint density at radius 2 is 1.92 bits per heavy atom. The molecule has 26 heavy (non-hydrogen) atoms. The number of nitrogens with one attached hydrogen (secondary N) is 1. The van der Waals surface area contributed by atoms with Crippen molar-refractivity contribution >= 4 is 40.0 Å². The lowest BCUT2D eigenvalue weighted by Gasteiger charge is -2.32. The molecule has 2 heterocycles. The number of amides is 1. The number of benzene rings is 1. The summed E-state index contributed by atoms with van der Waals surface area (Å²) in [4.78, 5) is 31.7. The Kier molecular flexibility index (Phi) is 4.90. The van der Waals surface area contributed by atoms with Gasteiger partial charge in [0.05, 0.1) is 22.3 Å². The van der Waals surface area contributed by atoms with Gasteiger partial charge in [-0.3, -0.25) is 14.2 Å². The molecule has 0 unspecified atom stereocenters. The van der Waals surface area contributed by atoms with Crippen molar-refractivity contribution in [3.63, 3.8) is 0 Å². The van der Waals surface area contributed by atoms with Gasteiger partial charge in [-0.2, -0.15) is 0 Å². The Balaban J connectivity index is 1.43. The van der Waals surface area contributed by atoms with Crippen LogP contribution in [0.3, 0.4) is 0 Å². The molecule has 0 spiro atoms.